The number of carbonyl (C=O) groups is 1. The molecule has 0 radical (unpaired) electrons. The summed E-state index contributed by atoms with van der Waals surface area (Å²) in [6.45, 7) is 0.825. The fourth-order valence-electron chi connectivity index (χ4n) is 1.79. The monoisotopic (exact) mass is 253 g/mol. The van der Waals surface area contributed by atoms with Crippen molar-refractivity contribution in [3.8, 4) is 0 Å². The highest BCUT2D eigenvalue weighted by Gasteiger charge is 2.23. The van der Waals surface area contributed by atoms with Crippen LogP contribution in [-0.2, 0) is 4.79 Å². The molecule has 0 aliphatic carbocycles. The fourth-order valence-corrected chi connectivity index (χ4v) is 2.05. The van der Waals surface area contributed by atoms with Crippen LogP contribution in [0.5, 0.6) is 0 Å². The Morgan fingerprint density at radius 2 is 2.00 bits per heavy atom. The molecule has 1 saturated heterocycles. The zero-order chi connectivity index (χ0) is 9.97. The summed E-state index contributed by atoms with van der Waals surface area (Å²) in [4.78, 5) is 11.6. The predicted molar refractivity (Wildman–Crippen MR) is 59.1 cm³/mol. The van der Waals surface area contributed by atoms with Crippen molar-refractivity contribution in [2.75, 3.05) is 6.54 Å². The molecular weight excluding hydrogens is 242 g/mol. The quantitative estimate of drug-likeness (QED) is 0.819. The number of amides is 1. The topological polar surface area (TPSA) is 29.1 Å². The number of halogens is 1. The lowest BCUT2D eigenvalue weighted by molar-refractivity contribution is -0.123. The summed E-state index contributed by atoms with van der Waals surface area (Å²) in [6, 6.07) is 7.99. The molecule has 74 valence electrons. The number of hydrogen-bond donors (Lipinski definition) is 1. The van der Waals surface area contributed by atoms with Gasteiger partial charge in [0.05, 0.1) is 5.92 Å². The maximum absolute atomic E-state index is 11.6. The lowest BCUT2D eigenvalue weighted by Gasteiger charge is -2.21. The van der Waals surface area contributed by atoms with Crippen molar-refractivity contribution in [1.82, 2.24) is 5.32 Å². The maximum Gasteiger partial charge on any atom is 0.227 e. The van der Waals surface area contributed by atoms with Gasteiger partial charge >= 0.3 is 0 Å². The van der Waals surface area contributed by atoms with Gasteiger partial charge in [0.1, 0.15) is 0 Å². The van der Waals surface area contributed by atoms with Gasteiger partial charge in [-0.2, -0.15) is 0 Å². The minimum absolute atomic E-state index is 0.0526. The van der Waals surface area contributed by atoms with Gasteiger partial charge in [-0.1, -0.05) is 28.1 Å². The fraction of sp³-hybridized carbons (Fsp3) is 0.364. The second kappa shape index (κ2) is 4.13. The van der Waals surface area contributed by atoms with E-state index in [0.29, 0.717) is 0 Å². The molecule has 1 aliphatic rings. The molecule has 1 aromatic carbocycles. The van der Waals surface area contributed by atoms with E-state index in [1.165, 1.54) is 0 Å². The number of benzene rings is 1. The number of piperidine rings is 1. The molecule has 0 saturated carbocycles. The average molecular weight is 254 g/mol. The first-order chi connectivity index (χ1) is 6.77. The highest BCUT2D eigenvalue weighted by molar-refractivity contribution is 9.10. The van der Waals surface area contributed by atoms with Crippen LogP contribution in [0, 0.1) is 0 Å². The number of nitrogens with one attached hydrogen (secondary N) is 1. The third kappa shape index (κ3) is 1.98. The standard InChI is InChI=1S/C11H12BrNO/c12-9-5-3-8(4-6-9)10-2-1-7-13-11(10)14/h3-6,10H,1-2,7H2,(H,13,14). The molecule has 1 N–H and O–H groups in total. The lowest BCUT2D eigenvalue weighted by atomic mass is 9.91. The van der Waals surface area contributed by atoms with Crippen LogP contribution in [0.4, 0.5) is 0 Å². The number of hydrogen-bond acceptors (Lipinski definition) is 1. The van der Waals surface area contributed by atoms with Gasteiger partial charge in [0, 0.05) is 11.0 Å². The molecule has 0 aromatic heterocycles. The molecule has 1 amide bonds. The maximum atomic E-state index is 11.6. The molecule has 1 atom stereocenters. The third-order valence-corrected chi connectivity index (χ3v) is 3.09. The van der Waals surface area contributed by atoms with Crippen LogP contribution >= 0.6 is 15.9 Å². The van der Waals surface area contributed by atoms with Crippen LogP contribution < -0.4 is 5.32 Å². The van der Waals surface area contributed by atoms with E-state index in [0.717, 1.165) is 29.4 Å². The Labute approximate surface area is 91.8 Å². The van der Waals surface area contributed by atoms with Crippen LogP contribution in [0.1, 0.15) is 24.3 Å². The van der Waals surface area contributed by atoms with Crippen molar-refractivity contribution >= 4 is 21.8 Å². The van der Waals surface area contributed by atoms with Crippen molar-refractivity contribution in [2.24, 2.45) is 0 Å². The third-order valence-electron chi connectivity index (χ3n) is 2.56. The Kier molecular flexibility index (Phi) is 2.87. The van der Waals surface area contributed by atoms with E-state index in [1.807, 2.05) is 24.3 Å². The Bertz CT molecular complexity index is 334. The van der Waals surface area contributed by atoms with Crippen LogP contribution in [-0.4, -0.2) is 12.5 Å². The van der Waals surface area contributed by atoms with Crippen molar-refractivity contribution in [2.45, 2.75) is 18.8 Å². The van der Waals surface area contributed by atoms with Gasteiger partial charge in [0.2, 0.25) is 5.91 Å². The van der Waals surface area contributed by atoms with Gasteiger partial charge in [-0.3, -0.25) is 4.79 Å². The Balaban J connectivity index is 2.20. The zero-order valence-electron chi connectivity index (χ0n) is 7.79. The molecule has 0 bridgehead atoms. The zero-order valence-corrected chi connectivity index (χ0v) is 9.38. The van der Waals surface area contributed by atoms with Crippen molar-refractivity contribution in [1.29, 1.82) is 0 Å². The Morgan fingerprint density at radius 1 is 1.29 bits per heavy atom. The normalized spacial score (nSPS) is 21.8. The molecule has 1 fully saturated rings. The lowest BCUT2D eigenvalue weighted by Crippen LogP contribution is -2.34. The van der Waals surface area contributed by atoms with E-state index >= 15 is 0 Å². The summed E-state index contributed by atoms with van der Waals surface area (Å²) in [6.07, 6.45) is 2.04. The van der Waals surface area contributed by atoms with Gasteiger partial charge < -0.3 is 5.32 Å². The molecule has 1 heterocycles. The summed E-state index contributed by atoms with van der Waals surface area (Å²) >= 11 is 3.38. The summed E-state index contributed by atoms with van der Waals surface area (Å²) in [5, 5.41) is 2.89. The smallest absolute Gasteiger partial charge is 0.227 e. The van der Waals surface area contributed by atoms with Crippen LogP contribution in [0.15, 0.2) is 28.7 Å². The largest absolute Gasteiger partial charge is 0.356 e. The molecular formula is C11H12BrNO. The number of carbonyl (C=O) groups excluding carboxylic acids is 1. The second-order valence-electron chi connectivity index (χ2n) is 3.54. The first kappa shape index (κ1) is 9.71. The van der Waals surface area contributed by atoms with Crippen molar-refractivity contribution < 1.29 is 4.79 Å². The minimum atomic E-state index is 0.0526. The van der Waals surface area contributed by atoms with Crippen LogP contribution in [0.3, 0.4) is 0 Å². The number of rotatable bonds is 1. The first-order valence-corrected chi connectivity index (χ1v) is 5.60. The minimum Gasteiger partial charge on any atom is -0.356 e. The molecule has 14 heavy (non-hydrogen) atoms. The summed E-state index contributed by atoms with van der Waals surface area (Å²) < 4.78 is 1.05. The van der Waals surface area contributed by atoms with Crippen LogP contribution in [0.2, 0.25) is 0 Å². The first-order valence-electron chi connectivity index (χ1n) is 4.80. The Hall–Kier alpha value is -0.830. The van der Waals surface area contributed by atoms with E-state index < -0.39 is 0 Å². The molecule has 1 unspecified atom stereocenters. The molecule has 2 rings (SSSR count). The molecule has 0 spiro atoms. The summed E-state index contributed by atoms with van der Waals surface area (Å²) in [7, 11) is 0. The van der Waals surface area contributed by atoms with E-state index in [2.05, 4.69) is 21.2 Å². The summed E-state index contributed by atoms with van der Waals surface area (Å²) in [5.74, 6) is 0.218. The van der Waals surface area contributed by atoms with Crippen molar-refractivity contribution in [3.05, 3.63) is 34.3 Å². The van der Waals surface area contributed by atoms with E-state index in [-0.39, 0.29) is 11.8 Å². The Morgan fingerprint density at radius 3 is 2.64 bits per heavy atom. The molecule has 1 aromatic rings. The van der Waals surface area contributed by atoms with E-state index in [1.54, 1.807) is 0 Å². The van der Waals surface area contributed by atoms with Gasteiger partial charge in [-0.15, -0.1) is 0 Å². The molecule has 1 aliphatic heterocycles. The highest BCUT2D eigenvalue weighted by Crippen LogP contribution is 2.25. The van der Waals surface area contributed by atoms with Gasteiger partial charge in [0.25, 0.3) is 0 Å². The average Bonchev–Trinajstić information content (AvgIpc) is 2.20. The van der Waals surface area contributed by atoms with E-state index in [9.17, 15) is 4.79 Å². The SMILES string of the molecule is O=C1NCCCC1c1ccc(Br)cc1. The molecule has 3 heteroatoms. The van der Waals surface area contributed by atoms with Crippen molar-refractivity contribution in [3.63, 3.8) is 0 Å². The van der Waals surface area contributed by atoms with Gasteiger partial charge in [0.15, 0.2) is 0 Å². The van der Waals surface area contributed by atoms with Crippen LogP contribution in [0.25, 0.3) is 0 Å². The molecule has 2 nitrogen and oxygen atoms in total. The predicted octanol–water partition coefficient (Wildman–Crippen LogP) is 2.44. The van der Waals surface area contributed by atoms with Gasteiger partial charge in [-0.25, -0.2) is 0 Å². The second-order valence-corrected chi connectivity index (χ2v) is 4.45. The van der Waals surface area contributed by atoms with E-state index in [4.69, 9.17) is 0 Å². The summed E-state index contributed by atoms with van der Waals surface area (Å²) in [5.41, 5.74) is 1.12. The van der Waals surface area contributed by atoms with Gasteiger partial charge in [-0.05, 0) is 30.5 Å². The highest BCUT2D eigenvalue weighted by atomic mass is 79.9.